The minimum absolute atomic E-state index is 0.0394. The summed E-state index contributed by atoms with van der Waals surface area (Å²) in [4.78, 5) is 32.8. The van der Waals surface area contributed by atoms with Gasteiger partial charge in [0.25, 0.3) is 5.56 Å². The summed E-state index contributed by atoms with van der Waals surface area (Å²) in [5.74, 6) is 0.0554. The molecular formula is C18H17N5O2. The molecule has 7 heteroatoms. The van der Waals surface area contributed by atoms with E-state index in [1.165, 1.54) is 0 Å². The fourth-order valence-electron chi connectivity index (χ4n) is 3.16. The second-order valence-corrected chi connectivity index (χ2v) is 6.14. The molecule has 3 aromatic rings. The van der Waals surface area contributed by atoms with Crippen molar-refractivity contribution in [1.29, 1.82) is 0 Å². The standard InChI is InChI=1S/C18H17N5O2/c24-16(21-18-19-10-11-5-1-4-8-14(11)20-18)9-15-12-6-2-3-7-13(12)17(25)23-22-15/h2-3,6-7,10H,1,4-5,8-9H2,(H,23,25)(H,19,20,21,24). The third kappa shape index (κ3) is 3.13. The number of aromatic nitrogens is 4. The van der Waals surface area contributed by atoms with Crippen molar-refractivity contribution >= 4 is 22.6 Å². The zero-order valence-corrected chi connectivity index (χ0v) is 13.6. The van der Waals surface area contributed by atoms with Crippen molar-refractivity contribution in [2.45, 2.75) is 32.1 Å². The Balaban J connectivity index is 1.55. The third-order valence-corrected chi connectivity index (χ3v) is 4.42. The fraction of sp³-hybridized carbons (Fsp3) is 0.278. The van der Waals surface area contributed by atoms with Gasteiger partial charge in [-0.3, -0.25) is 14.9 Å². The number of nitrogens with one attached hydrogen (secondary N) is 2. The maximum atomic E-state index is 12.4. The number of benzene rings is 1. The molecule has 0 aliphatic heterocycles. The Morgan fingerprint density at radius 1 is 1.16 bits per heavy atom. The summed E-state index contributed by atoms with van der Waals surface area (Å²) < 4.78 is 0. The summed E-state index contributed by atoms with van der Waals surface area (Å²) in [5.41, 5.74) is 2.44. The molecule has 2 N–H and O–H groups in total. The van der Waals surface area contributed by atoms with Crippen molar-refractivity contribution in [1.82, 2.24) is 20.2 Å². The minimum atomic E-state index is -0.266. The van der Waals surface area contributed by atoms with Crippen molar-refractivity contribution in [3.05, 3.63) is 57.8 Å². The Bertz CT molecular complexity index is 1010. The van der Waals surface area contributed by atoms with Crippen LogP contribution in [0, 0.1) is 0 Å². The lowest BCUT2D eigenvalue weighted by molar-refractivity contribution is -0.115. The maximum absolute atomic E-state index is 12.4. The molecule has 0 saturated heterocycles. The van der Waals surface area contributed by atoms with Gasteiger partial charge in [0.1, 0.15) is 0 Å². The number of fused-ring (bicyclic) bond motifs is 2. The van der Waals surface area contributed by atoms with E-state index in [2.05, 4.69) is 25.5 Å². The van der Waals surface area contributed by atoms with Crippen LogP contribution in [0.4, 0.5) is 5.95 Å². The van der Waals surface area contributed by atoms with Crippen LogP contribution in [0.25, 0.3) is 10.8 Å². The first-order valence-electron chi connectivity index (χ1n) is 8.31. The summed E-state index contributed by atoms with van der Waals surface area (Å²) in [7, 11) is 0. The second kappa shape index (κ2) is 6.43. The molecule has 0 radical (unpaired) electrons. The minimum Gasteiger partial charge on any atom is -0.294 e. The van der Waals surface area contributed by atoms with Gasteiger partial charge in [-0.15, -0.1) is 0 Å². The monoisotopic (exact) mass is 335 g/mol. The summed E-state index contributed by atoms with van der Waals surface area (Å²) in [5, 5.41) is 10.4. The van der Waals surface area contributed by atoms with Crippen LogP contribution in [0.5, 0.6) is 0 Å². The number of anilines is 1. The van der Waals surface area contributed by atoms with Crippen molar-refractivity contribution in [3.8, 4) is 0 Å². The van der Waals surface area contributed by atoms with Gasteiger partial charge in [-0.25, -0.2) is 15.1 Å². The molecule has 126 valence electrons. The Morgan fingerprint density at radius 3 is 2.84 bits per heavy atom. The van der Waals surface area contributed by atoms with Gasteiger partial charge in [-0.05, 0) is 37.3 Å². The summed E-state index contributed by atoms with van der Waals surface area (Å²) in [6.07, 6.45) is 6.03. The van der Waals surface area contributed by atoms with Gasteiger partial charge in [-0.2, -0.15) is 5.10 Å². The van der Waals surface area contributed by atoms with E-state index < -0.39 is 0 Å². The molecule has 4 rings (SSSR count). The molecule has 1 amide bonds. The van der Waals surface area contributed by atoms with E-state index in [4.69, 9.17) is 0 Å². The van der Waals surface area contributed by atoms with E-state index in [0.29, 0.717) is 22.4 Å². The molecule has 0 fully saturated rings. The average molecular weight is 335 g/mol. The first-order chi connectivity index (χ1) is 12.2. The van der Waals surface area contributed by atoms with Crippen LogP contribution in [-0.4, -0.2) is 26.1 Å². The number of nitrogens with zero attached hydrogens (tertiary/aromatic N) is 3. The van der Waals surface area contributed by atoms with Crippen molar-refractivity contribution in [2.75, 3.05) is 5.32 Å². The zero-order valence-electron chi connectivity index (χ0n) is 13.6. The third-order valence-electron chi connectivity index (χ3n) is 4.42. The van der Waals surface area contributed by atoms with Crippen LogP contribution in [0.15, 0.2) is 35.3 Å². The lowest BCUT2D eigenvalue weighted by Gasteiger charge is -2.14. The number of rotatable bonds is 3. The molecule has 2 heterocycles. The van der Waals surface area contributed by atoms with Crippen LogP contribution >= 0.6 is 0 Å². The van der Waals surface area contributed by atoms with E-state index in [-0.39, 0.29) is 17.9 Å². The molecule has 2 aromatic heterocycles. The molecule has 1 aliphatic rings. The number of hydrogen-bond acceptors (Lipinski definition) is 5. The number of carbonyl (C=O) groups is 1. The van der Waals surface area contributed by atoms with Gasteiger partial charge in [0, 0.05) is 17.3 Å². The first-order valence-corrected chi connectivity index (χ1v) is 8.31. The zero-order chi connectivity index (χ0) is 17.2. The van der Waals surface area contributed by atoms with Gasteiger partial charge < -0.3 is 0 Å². The van der Waals surface area contributed by atoms with E-state index in [0.717, 1.165) is 36.9 Å². The number of amides is 1. The normalized spacial score (nSPS) is 13.4. The Hall–Kier alpha value is -3.09. The van der Waals surface area contributed by atoms with Crippen molar-refractivity contribution in [3.63, 3.8) is 0 Å². The van der Waals surface area contributed by atoms with E-state index >= 15 is 0 Å². The molecule has 0 spiro atoms. The van der Waals surface area contributed by atoms with E-state index in [1.54, 1.807) is 24.4 Å². The van der Waals surface area contributed by atoms with Gasteiger partial charge in [0.05, 0.1) is 17.5 Å². The van der Waals surface area contributed by atoms with Crippen molar-refractivity contribution in [2.24, 2.45) is 0 Å². The largest absolute Gasteiger partial charge is 0.294 e. The van der Waals surface area contributed by atoms with Crippen LogP contribution in [0.3, 0.4) is 0 Å². The quantitative estimate of drug-likeness (QED) is 0.760. The maximum Gasteiger partial charge on any atom is 0.272 e. The number of carbonyl (C=O) groups excluding carboxylic acids is 1. The van der Waals surface area contributed by atoms with Crippen LogP contribution in [0.1, 0.15) is 29.8 Å². The molecule has 0 unspecified atom stereocenters. The summed E-state index contributed by atoms with van der Waals surface area (Å²) in [6, 6.07) is 7.10. The fourth-order valence-corrected chi connectivity index (χ4v) is 3.16. The van der Waals surface area contributed by atoms with E-state index in [1.807, 2.05) is 6.07 Å². The number of H-pyrrole nitrogens is 1. The average Bonchev–Trinajstić information content (AvgIpc) is 2.64. The Morgan fingerprint density at radius 2 is 1.96 bits per heavy atom. The molecule has 1 aliphatic carbocycles. The van der Waals surface area contributed by atoms with Crippen LogP contribution < -0.4 is 10.9 Å². The molecule has 7 nitrogen and oxygen atoms in total. The van der Waals surface area contributed by atoms with Crippen molar-refractivity contribution < 1.29 is 4.79 Å². The highest BCUT2D eigenvalue weighted by Gasteiger charge is 2.15. The number of aromatic amines is 1. The highest BCUT2D eigenvalue weighted by molar-refractivity contribution is 5.94. The predicted molar refractivity (Wildman–Crippen MR) is 93.4 cm³/mol. The number of aryl methyl sites for hydroxylation is 2. The topological polar surface area (TPSA) is 101 Å². The predicted octanol–water partition coefficient (Wildman–Crippen LogP) is 1.77. The Kier molecular flexibility index (Phi) is 3.97. The van der Waals surface area contributed by atoms with Gasteiger partial charge in [0.15, 0.2) is 0 Å². The van der Waals surface area contributed by atoms with Gasteiger partial charge >= 0.3 is 0 Å². The van der Waals surface area contributed by atoms with Crippen LogP contribution in [0.2, 0.25) is 0 Å². The van der Waals surface area contributed by atoms with Gasteiger partial charge in [-0.1, -0.05) is 18.2 Å². The SMILES string of the molecule is O=C(Cc1n[nH]c(=O)c2ccccc12)Nc1ncc2c(n1)CCCC2. The lowest BCUT2D eigenvalue weighted by atomic mass is 9.98. The molecule has 0 saturated carbocycles. The summed E-state index contributed by atoms with van der Waals surface area (Å²) in [6.45, 7) is 0. The highest BCUT2D eigenvalue weighted by atomic mass is 16.1. The lowest BCUT2D eigenvalue weighted by Crippen LogP contribution is -2.20. The Labute approximate surface area is 143 Å². The highest BCUT2D eigenvalue weighted by Crippen LogP contribution is 2.19. The molecule has 25 heavy (non-hydrogen) atoms. The van der Waals surface area contributed by atoms with Crippen LogP contribution in [-0.2, 0) is 24.1 Å². The smallest absolute Gasteiger partial charge is 0.272 e. The second-order valence-electron chi connectivity index (χ2n) is 6.14. The first kappa shape index (κ1) is 15.4. The van der Waals surface area contributed by atoms with E-state index in [9.17, 15) is 9.59 Å². The summed E-state index contributed by atoms with van der Waals surface area (Å²) >= 11 is 0. The molecule has 1 aromatic carbocycles. The number of hydrogen-bond donors (Lipinski definition) is 2. The van der Waals surface area contributed by atoms with Gasteiger partial charge in [0.2, 0.25) is 11.9 Å². The molecule has 0 bridgehead atoms. The molecular weight excluding hydrogens is 318 g/mol. The molecule has 0 atom stereocenters.